The van der Waals surface area contributed by atoms with E-state index in [2.05, 4.69) is 9.97 Å². The van der Waals surface area contributed by atoms with E-state index in [1.165, 1.54) is 13.2 Å². The lowest BCUT2D eigenvalue weighted by atomic mass is 9.85. The van der Waals surface area contributed by atoms with Crippen LogP contribution < -0.4 is 4.74 Å². The molecule has 1 atom stereocenters. The zero-order valence-corrected chi connectivity index (χ0v) is 14.6. The Balaban J connectivity index is 2.34. The van der Waals surface area contributed by atoms with Gasteiger partial charge in [-0.3, -0.25) is 4.79 Å². The summed E-state index contributed by atoms with van der Waals surface area (Å²) in [4.78, 5) is 32.0. The van der Waals surface area contributed by atoms with Crippen LogP contribution >= 0.6 is 0 Å². The van der Waals surface area contributed by atoms with Crippen molar-refractivity contribution in [2.45, 2.75) is 32.8 Å². The molecule has 134 valence electrons. The van der Waals surface area contributed by atoms with Crippen molar-refractivity contribution in [1.82, 2.24) is 14.5 Å². The Kier molecular flexibility index (Phi) is 5.22. The minimum Gasteiger partial charge on any atom is -0.479 e. The number of ether oxygens (including phenoxy) is 1. The standard InChI is InChI=1S/C17H21N3O5/c1-10(2)17(24,16(22)23)7-14(21)12-5-6-13(15(19-12)25-4)20-8-11(3)18-9-20/h5-6,8-10,24H,7H2,1-4H3,(H,22,23). The number of Topliss-reactive ketones (excluding diaryl/α,β-unsaturated/α-hetero) is 1. The van der Waals surface area contributed by atoms with Gasteiger partial charge in [0.2, 0.25) is 5.88 Å². The van der Waals surface area contributed by atoms with Crippen molar-refractivity contribution < 1.29 is 24.5 Å². The first-order valence-electron chi connectivity index (χ1n) is 7.74. The summed E-state index contributed by atoms with van der Waals surface area (Å²) in [6, 6.07) is 3.10. The second-order valence-electron chi connectivity index (χ2n) is 6.13. The number of carboxylic acid groups (broad SMARTS) is 1. The molecule has 0 radical (unpaired) electrons. The van der Waals surface area contributed by atoms with Gasteiger partial charge in [-0.2, -0.15) is 0 Å². The van der Waals surface area contributed by atoms with Crippen LogP contribution in [0, 0.1) is 12.8 Å². The highest BCUT2D eigenvalue weighted by Gasteiger charge is 2.42. The molecule has 2 aromatic heterocycles. The van der Waals surface area contributed by atoms with Crippen molar-refractivity contribution in [3.05, 3.63) is 36.0 Å². The van der Waals surface area contributed by atoms with E-state index < -0.39 is 29.7 Å². The highest BCUT2D eigenvalue weighted by atomic mass is 16.5. The Morgan fingerprint density at radius 3 is 2.52 bits per heavy atom. The fourth-order valence-corrected chi connectivity index (χ4v) is 2.35. The molecule has 0 bridgehead atoms. The lowest BCUT2D eigenvalue weighted by molar-refractivity contribution is -0.163. The molecule has 2 heterocycles. The number of hydrogen-bond donors (Lipinski definition) is 2. The smallest absolute Gasteiger partial charge is 0.336 e. The van der Waals surface area contributed by atoms with E-state index in [-0.39, 0.29) is 11.6 Å². The second kappa shape index (κ2) is 7.02. The van der Waals surface area contributed by atoms with Gasteiger partial charge in [-0.1, -0.05) is 13.8 Å². The third kappa shape index (κ3) is 3.69. The van der Waals surface area contributed by atoms with Gasteiger partial charge >= 0.3 is 5.97 Å². The maximum Gasteiger partial charge on any atom is 0.336 e. The number of pyridine rings is 1. The van der Waals surface area contributed by atoms with Gasteiger partial charge in [0.25, 0.3) is 0 Å². The topological polar surface area (TPSA) is 115 Å². The molecule has 0 spiro atoms. The molecule has 2 aromatic rings. The first-order chi connectivity index (χ1) is 11.7. The number of aromatic nitrogens is 3. The number of aliphatic hydroxyl groups is 1. The molecule has 0 fully saturated rings. The van der Waals surface area contributed by atoms with Gasteiger partial charge in [0.05, 0.1) is 25.6 Å². The van der Waals surface area contributed by atoms with Gasteiger partial charge in [0.15, 0.2) is 11.4 Å². The van der Waals surface area contributed by atoms with Crippen LogP contribution in [0.1, 0.15) is 36.5 Å². The molecule has 0 aliphatic carbocycles. The molecule has 0 saturated carbocycles. The molecule has 8 nitrogen and oxygen atoms in total. The molecule has 0 saturated heterocycles. The number of hydrogen-bond acceptors (Lipinski definition) is 6. The molecule has 8 heteroatoms. The lowest BCUT2D eigenvalue weighted by Gasteiger charge is -2.26. The number of carboxylic acids is 1. The third-order valence-electron chi connectivity index (χ3n) is 4.06. The van der Waals surface area contributed by atoms with E-state index in [0.29, 0.717) is 5.69 Å². The van der Waals surface area contributed by atoms with Gasteiger partial charge in [0, 0.05) is 6.20 Å². The number of methoxy groups -OCH3 is 1. The predicted octanol–water partition coefficient (Wildman–Crippen LogP) is 1.63. The maximum absolute atomic E-state index is 12.4. The summed E-state index contributed by atoms with van der Waals surface area (Å²) in [6.45, 7) is 4.92. The van der Waals surface area contributed by atoms with Gasteiger partial charge in [-0.05, 0) is 25.0 Å². The van der Waals surface area contributed by atoms with Crippen molar-refractivity contribution >= 4 is 11.8 Å². The summed E-state index contributed by atoms with van der Waals surface area (Å²) in [5, 5.41) is 19.5. The van der Waals surface area contributed by atoms with Crippen LogP contribution in [0.2, 0.25) is 0 Å². The largest absolute Gasteiger partial charge is 0.479 e. The highest BCUT2D eigenvalue weighted by Crippen LogP contribution is 2.26. The van der Waals surface area contributed by atoms with Crippen molar-refractivity contribution in [3.63, 3.8) is 0 Å². The number of carbonyl (C=O) groups excluding carboxylic acids is 1. The Hall–Kier alpha value is -2.74. The summed E-state index contributed by atoms with van der Waals surface area (Å²) < 4.78 is 6.94. The summed E-state index contributed by atoms with van der Waals surface area (Å²) >= 11 is 0. The average molecular weight is 347 g/mol. The molecule has 1 unspecified atom stereocenters. The predicted molar refractivity (Wildman–Crippen MR) is 89.0 cm³/mol. The fourth-order valence-electron chi connectivity index (χ4n) is 2.35. The molecule has 2 rings (SSSR count). The van der Waals surface area contributed by atoms with Gasteiger partial charge in [0.1, 0.15) is 11.4 Å². The van der Waals surface area contributed by atoms with Crippen LogP contribution in [0.4, 0.5) is 0 Å². The van der Waals surface area contributed by atoms with Crippen LogP contribution in [0.3, 0.4) is 0 Å². The molecule has 2 N–H and O–H groups in total. The molecule has 25 heavy (non-hydrogen) atoms. The zero-order chi connectivity index (χ0) is 18.8. The number of aliphatic carboxylic acids is 1. The zero-order valence-electron chi connectivity index (χ0n) is 14.6. The summed E-state index contributed by atoms with van der Waals surface area (Å²) in [5.74, 6) is -2.45. The minimum absolute atomic E-state index is 0.0257. The van der Waals surface area contributed by atoms with E-state index in [1.807, 2.05) is 6.92 Å². The number of rotatable bonds is 7. The quantitative estimate of drug-likeness (QED) is 0.732. The Bertz CT molecular complexity index is 799. The molecule has 0 aliphatic heterocycles. The monoisotopic (exact) mass is 347 g/mol. The summed E-state index contributed by atoms with van der Waals surface area (Å²) in [7, 11) is 1.42. The van der Waals surface area contributed by atoms with E-state index in [4.69, 9.17) is 4.74 Å². The fraction of sp³-hybridized carbons (Fsp3) is 0.412. The van der Waals surface area contributed by atoms with E-state index in [0.717, 1.165) is 5.69 Å². The van der Waals surface area contributed by atoms with E-state index >= 15 is 0 Å². The van der Waals surface area contributed by atoms with Crippen LogP contribution in [0.5, 0.6) is 5.88 Å². The van der Waals surface area contributed by atoms with Crippen molar-refractivity contribution in [3.8, 4) is 11.6 Å². The number of imidazole rings is 1. The normalized spacial score (nSPS) is 13.5. The molecular formula is C17H21N3O5. The molecule has 0 amide bonds. The highest BCUT2D eigenvalue weighted by molar-refractivity contribution is 5.98. The van der Waals surface area contributed by atoms with Crippen LogP contribution in [0.25, 0.3) is 5.69 Å². The van der Waals surface area contributed by atoms with E-state index in [1.54, 1.807) is 37.0 Å². The summed E-state index contributed by atoms with van der Waals surface area (Å²) in [5.41, 5.74) is -0.716. The first-order valence-corrected chi connectivity index (χ1v) is 7.74. The van der Waals surface area contributed by atoms with Crippen LogP contribution in [0.15, 0.2) is 24.7 Å². The van der Waals surface area contributed by atoms with Gasteiger partial charge < -0.3 is 19.5 Å². The number of carbonyl (C=O) groups is 2. The third-order valence-corrected chi connectivity index (χ3v) is 4.06. The average Bonchev–Trinajstić information content (AvgIpc) is 2.99. The number of aryl methyl sites for hydroxylation is 1. The Labute approximate surface area is 145 Å². The van der Waals surface area contributed by atoms with Crippen molar-refractivity contribution in [2.75, 3.05) is 7.11 Å². The second-order valence-corrected chi connectivity index (χ2v) is 6.13. The van der Waals surface area contributed by atoms with Crippen LogP contribution in [-0.4, -0.2) is 49.2 Å². The van der Waals surface area contributed by atoms with Crippen molar-refractivity contribution in [2.24, 2.45) is 5.92 Å². The minimum atomic E-state index is -2.15. The van der Waals surface area contributed by atoms with E-state index in [9.17, 15) is 19.8 Å². The molecule has 0 aromatic carbocycles. The maximum atomic E-state index is 12.4. The SMILES string of the molecule is COc1nc(C(=O)CC(O)(C(=O)O)C(C)C)ccc1-n1cnc(C)c1. The Morgan fingerprint density at radius 2 is 2.04 bits per heavy atom. The molecular weight excluding hydrogens is 326 g/mol. The van der Waals surface area contributed by atoms with Crippen molar-refractivity contribution in [1.29, 1.82) is 0 Å². The summed E-state index contributed by atoms with van der Waals surface area (Å²) in [6.07, 6.45) is 2.81. The first kappa shape index (κ1) is 18.6. The van der Waals surface area contributed by atoms with Crippen LogP contribution in [-0.2, 0) is 4.79 Å². The lowest BCUT2D eigenvalue weighted by Crippen LogP contribution is -2.45. The Morgan fingerprint density at radius 1 is 1.36 bits per heavy atom. The van der Waals surface area contributed by atoms with Gasteiger partial charge in [-0.25, -0.2) is 14.8 Å². The molecule has 0 aliphatic rings. The number of nitrogens with zero attached hydrogens (tertiary/aromatic N) is 3. The number of ketones is 1. The van der Waals surface area contributed by atoms with Gasteiger partial charge in [-0.15, -0.1) is 0 Å².